The average molecular weight is 318 g/mol. The number of hydrogen-bond acceptors (Lipinski definition) is 4. The van der Waals surface area contributed by atoms with Crippen LogP contribution in [0.3, 0.4) is 0 Å². The van der Waals surface area contributed by atoms with Crippen LogP contribution in [0.15, 0.2) is 16.9 Å². The molecule has 1 aromatic heterocycles. The fourth-order valence-corrected chi connectivity index (χ4v) is 3.99. The number of nitrogens with one attached hydrogen (secondary N) is 2. The van der Waals surface area contributed by atoms with Crippen molar-refractivity contribution in [3.05, 3.63) is 28.2 Å². The summed E-state index contributed by atoms with van der Waals surface area (Å²) in [6.07, 6.45) is 9.94. The summed E-state index contributed by atoms with van der Waals surface area (Å²) in [7, 11) is 0. The number of hydrogen-bond donors (Lipinski definition) is 2. The zero-order valence-electron chi connectivity index (χ0n) is 13.6. The first-order valence-electron chi connectivity index (χ1n) is 8.79. The molecule has 1 aliphatic heterocycles. The van der Waals surface area contributed by atoms with Gasteiger partial charge in [0.2, 0.25) is 0 Å². The molecule has 2 heterocycles. The Balaban J connectivity index is 1.67. The lowest BCUT2D eigenvalue weighted by atomic mass is 9.79. The third kappa shape index (κ3) is 3.80. The molecule has 0 bridgehead atoms. The van der Waals surface area contributed by atoms with Gasteiger partial charge in [0, 0.05) is 18.2 Å². The van der Waals surface area contributed by atoms with Gasteiger partial charge < -0.3 is 5.32 Å². The van der Waals surface area contributed by atoms with Gasteiger partial charge in [-0.05, 0) is 44.8 Å². The number of carbonyl (C=O) groups excluding carboxylic acids is 1. The Labute approximate surface area is 136 Å². The van der Waals surface area contributed by atoms with Crippen LogP contribution in [0.1, 0.15) is 61.9 Å². The van der Waals surface area contributed by atoms with E-state index >= 15 is 0 Å². The van der Waals surface area contributed by atoms with Crippen molar-refractivity contribution < 1.29 is 4.79 Å². The van der Waals surface area contributed by atoms with Gasteiger partial charge in [0.25, 0.3) is 11.5 Å². The van der Waals surface area contributed by atoms with Crippen LogP contribution in [-0.2, 0) is 0 Å². The number of carbonyl (C=O) groups is 1. The summed E-state index contributed by atoms with van der Waals surface area (Å²) in [5.41, 5.74) is 0.0871. The van der Waals surface area contributed by atoms with E-state index in [1.54, 1.807) is 0 Å². The Bertz CT molecular complexity index is 566. The normalized spacial score (nSPS) is 21.7. The summed E-state index contributed by atoms with van der Waals surface area (Å²) in [6.45, 7) is 2.96. The van der Waals surface area contributed by atoms with E-state index in [-0.39, 0.29) is 22.7 Å². The molecule has 2 aliphatic rings. The van der Waals surface area contributed by atoms with Crippen LogP contribution < -0.4 is 10.9 Å². The molecule has 0 unspecified atom stereocenters. The van der Waals surface area contributed by atoms with Crippen LogP contribution in [-0.4, -0.2) is 46.2 Å². The minimum atomic E-state index is -0.293. The van der Waals surface area contributed by atoms with Gasteiger partial charge in [-0.25, -0.2) is 5.10 Å². The van der Waals surface area contributed by atoms with Gasteiger partial charge in [-0.3, -0.25) is 14.5 Å². The first kappa shape index (κ1) is 16.2. The number of piperidine rings is 1. The van der Waals surface area contributed by atoms with Crippen LogP contribution in [0.25, 0.3) is 0 Å². The summed E-state index contributed by atoms with van der Waals surface area (Å²) in [4.78, 5) is 26.0. The van der Waals surface area contributed by atoms with E-state index in [1.165, 1.54) is 50.7 Å². The molecular formula is C17H26N4O2. The van der Waals surface area contributed by atoms with Gasteiger partial charge in [-0.1, -0.05) is 25.7 Å². The third-order valence-corrected chi connectivity index (χ3v) is 5.30. The maximum Gasteiger partial charge on any atom is 0.271 e. The van der Waals surface area contributed by atoms with E-state index in [9.17, 15) is 9.59 Å². The SMILES string of the molecule is O=C(NCC1(N2CCCCC2)CCCCC1)c1ccc(=O)[nH]n1. The fourth-order valence-electron chi connectivity index (χ4n) is 3.99. The molecule has 1 saturated heterocycles. The van der Waals surface area contributed by atoms with Crippen molar-refractivity contribution in [3.63, 3.8) is 0 Å². The molecule has 126 valence electrons. The highest BCUT2D eigenvalue weighted by molar-refractivity contribution is 5.92. The second kappa shape index (κ2) is 7.25. The number of aromatic nitrogens is 2. The molecule has 0 spiro atoms. The number of H-pyrrole nitrogens is 1. The molecule has 2 fully saturated rings. The highest BCUT2D eigenvalue weighted by Gasteiger charge is 2.38. The first-order valence-corrected chi connectivity index (χ1v) is 8.79. The van der Waals surface area contributed by atoms with E-state index in [0.717, 1.165) is 25.9 Å². The second-order valence-corrected chi connectivity index (χ2v) is 6.82. The monoisotopic (exact) mass is 318 g/mol. The maximum absolute atomic E-state index is 12.3. The van der Waals surface area contributed by atoms with E-state index in [4.69, 9.17) is 0 Å². The number of likely N-dealkylation sites (tertiary alicyclic amines) is 1. The topological polar surface area (TPSA) is 78.1 Å². The molecule has 6 heteroatoms. The molecular weight excluding hydrogens is 292 g/mol. The Kier molecular flexibility index (Phi) is 5.10. The van der Waals surface area contributed by atoms with Gasteiger partial charge in [0.1, 0.15) is 5.69 Å². The van der Waals surface area contributed by atoms with Crippen LogP contribution >= 0.6 is 0 Å². The summed E-state index contributed by atoms with van der Waals surface area (Å²) in [5, 5.41) is 9.19. The van der Waals surface area contributed by atoms with Crippen molar-refractivity contribution in [2.45, 2.75) is 56.9 Å². The van der Waals surface area contributed by atoms with E-state index in [2.05, 4.69) is 20.4 Å². The van der Waals surface area contributed by atoms with E-state index < -0.39 is 0 Å². The van der Waals surface area contributed by atoms with E-state index in [0.29, 0.717) is 6.54 Å². The molecule has 1 aromatic rings. The third-order valence-electron chi connectivity index (χ3n) is 5.30. The summed E-state index contributed by atoms with van der Waals surface area (Å²) < 4.78 is 0. The first-order chi connectivity index (χ1) is 11.2. The smallest absolute Gasteiger partial charge is 0.271 e. The lowest BCUT2D eigenvalue weighted by Gasteiger charge is -2.48. The average Bonchev–Trinajstić information content (AvgIpc) is 2.62. The van der Waals surface area contributed by atoms with Crippen molar-refractivity contribution in [1.82, 2.24) is 20.4 Å². The molecule has 0 atom stereocenters. The summed E-state index contributed by atoms with van der Waals surface area (Å²) >= 11 is 0. The minimum Gasteiger partial charge on any atom is -0.349 e. The van der Waals surface area contributed by atoms with Gasteiger partial charge in [-0.15, -0.1) is 0 Å². The second-order valence-electron chi connectivity index (χ2n) is 6.82. The zero-order chi connectivity index (χ0) is 16.1. The van der Waals surface area contributed by atoms with Crippen molar-refractivity contribution >= 4 is 5.91 Å². The predicted octanol–water partition coefficient (Wildman–Crippen LogP) is 1.69. The predicted molar refractivity (Wildman–Crippen MR) is 88.4 cm³/mol. The molecule has 2 N–H and O–H groups in total. The highest BCUT2D eigenvalue weighted by atomic mass is 16.2. The molecule has 3 rings (SSSR count). The van der Waals surface area contributed by atoms with Crippen molar-refractivity contribution in [2.24, 2.45) is 0 Å². The standard InChI is InChI=1S/C17H26N4O2/c22-15-8-7-14(19-20-15)16(23)18-13-17(9-3-1-4-10-17)21-11-5-2-6-12-21/h7-8H,1-6,9-13H2,(H,18,23)(H,20,22). The number of aromatic amines is 1. The van der Waals surface area contributed by atoms with Gasteiger partial charge >= 0.3 is 0 Å². The number of nitrogens with zero attached hydrogens (tertiary/aromatic N) is 2. The molecule has 1 saturated carbocycles. The Morgan fingerprint density at radius 1 is 1.13 bits per heavy atom. The lowest BCUT2D eigenvalue weighted by Crippen LogP contribution is -2.58. The van der Waals surface area contributed by atoms with Crippen LogP contribution in [0, 0.1) is 0 Å². The number of amides is 1. The Hall–Kier alpha value is -1.69. The molecule has 0 aromatic carbocycles. The van der Waals surface area contributed by atoms with Crippen molar-refractivity contribution in [2.75, 3.05) is 19.6 Å². The summed E-state index contributed by atoms with van der Waals surface area (Å²) in [6, 6.07) is 2.81. The maximum atomic E-state index is 12.3. The quantitative estimate of drug-likeness (QED) is 0.885. The van der Waals surface area contributed by atoms with Crippen LogP contribution in [0.4, 0.5) is 0 Å². The fraction of sp³-hybridized carbons (Fsp3) is 0.706. The number of rotatable bonds is 4. The Morgan fingerprint density at radius 2 is 1.83 bits per heavy atom. The molecule has 6 nitrogen and oxygen atoms in total. The largest absolute Gasteiger partial charge is 0.349 e. The molecule has 0 radical (unpaired) electrons. The molecule has 1 aliphatic carbocycles. The van der Waals surface area contributed by atoms with Crippen LogP contribution in [0.5, 0.6) is 0 Å². The van der Waals surface area contributed by atoms with Gasteiger partial charge in [-0.2, -0.15) is 5.10 Å². The molecule has 23 heavy (non-hydrogen) atoms. The van der Waals surface area contributed by atoms with Gasteiger partial charge in [0.05, 0.1) is 0 Å². The zero-order valence-corrected chi connectivity index (χ0v) is 13.6. The van der Waals surface area contributed by atoms with Crippen molar-refractivity contribution in [3.8, 4) is 0 Å². The lowest BCUT2D eigenvalue weighted by molar-refractivity contribution is 0.0326. The van der Waals surface area contributed by atoms with Crippen LogP contribution in [0.2, 0.25) is 0 Å². The Morgan fingerprint density at radius 3 is 2.48 bits per heavy atom. The molecule has 1 amide bonds. The summed E-state index contributed by atoms with van der Waals surface area (Å²) in [5.74, 6) is -0.205. The highest BCUT2D eigenvalue weighted by Crippen LogP contribution is 2.35. The van der Waals surface area contributed by atoms with Gasteiger partial charge in [0.15, 0.2) is 0 Å². The van der Waals surface area contributed by atoms with Crippen molar-refractivity contribution in [1.29, 1.82) is 0 Å². The van der Waals surface area contributed by atoms with E-state index in [1.807, 2.05) is 0 Å². The minimum absolute atomic E-state index is 0.108.